The molecule has 0 spiro atoms. The molecule has 2 aromatic heterocycles. The van der Waals surface area contributed by atoms with Crippen molar-refractivity contribution < 1.29 is 27.3 Å². The Morgan fingerprint density at radius 1 is 0.689 bits per heavy atom. The van der Waals surface area contributed by atoms with Crippen LogP contribution >= 0.6 is 0 Å². The molecule has 0 amide bonds. The second-order valence-electron chi connectivity index (χ2n) is 16.6. The first kappa shape index (κ1) is 39.5. The zero-order chi connectivity index (χ0) is 43.0. The molecule has 9 aromatic rings. The van der Waals surface area contributed by atoms with Crippen LogP contribution in [0.25, 0.3) is 55.4 Å². The summed E-state index contributed by atoms with van der Waals surface area (Å²) in [6.45, 7) is 3.88. The van der Waals surface area contributed by atoms with Crippen LogP contribution in [0.2, 0.25) is 17.3 Å². The third-order valence-corrected chi connectivity index (χ3v) is 15.3. The minimum absolute atomic E-state index is 0. The third kappa shape index (κ3) is 8.63. The SMILES string of the molecule is [2H]C([2H])(c1cc(-c2[c-]cccc2)nc[c]1[Ge]([CH3])([CH3])[CH3])C(C)C.[Ir].[c-]1ccc2c(oc3ccccc32)c1C1=Nc2ccccc2C1c1c(-c2ccccc2)cccc1-c1ccccc1. The van der Waals surface area contributed by atoms with E-state index < -0.39 is 19.6 Å². The van der Waals surface area contributed by atoms with E-state index in [9.17, 15) is 0 Å². The van der Waals surface area contributed by atoms with E-state index in [1.807, 2.05) is 68.6 Å². The maximum absolute atomic E-state index is 8.56. The summed E-state index contributed by atoms with van der Waals surface area (Å²) in [5, 5.41) is 2.19. The van der Waals surface area contributed by atoms with Gasteiger partial charge in [-0.05, 0) is 51.2 Å². The van der Waals surface area contributed by atoms with Crippen molar-refractivity contribution in [3.63, 3.8) is 0 Å². The summed E-state index contributed by atoms with van der Waals surface area (Å²) < 4.78 is 24.8. The van der Waals surface area contributed by atoms with Gasteiger partial charge in [0.25, 0.3) is 0 Å². The van der Waals surface area contributed by atoms with Gasteiger partial charge in [0.1, 0.15) is 5.58 Å². The molecule has 303 valence electrons. The fourth-order valence-electron chi connectivity index (χ4n) is 8.35. The van der Waals surface area contributed by atoms with Gasteiger partial charge in [0.2, 0.25) is 0 Å². The van der Waals surface area contributed by atoms with Crippen LogP contribution in [-0.2, 0) is 26.5 Å². The van der Waals surface area contributed by atoms with Gasteiger partial charge >= 0.3 is 128 Å². The summed E-state index contributed by atoms with van der Waals surface area (Å²) in [5.41, 5.74) is 14.3. The first-order chi connectivity index (χ1) is 30.0. The summed E-state index contributed by atoms with van der Waals surface area (Å²) in [5.74, 6) is 6.67. The molecule has 0 N–H and O–H groups in total. The summed E-state index contributed by atoms with van der Waals surface area (Å²) >= 11 is -2.20. The fraction of sp³-hybridized carbons (Fsp3) is 0.143. The molecule has 1 unspecified atom stereocenters. The molecule has 0 saturated carbocycles. The quantitative estimate of drug-likeness (QED) is 0.112. The Hall–Kier alpha value is -5.65. The van der Waals surface area contributed by atoms with Gasteiger partial charge in [-0.15, -0.1) is 18.2 Å². The van der Waals surface area contributed by atoms with E-state index in [1.54, 1.807) is 0 Å². The van der Waals surface area contributed by atoms with E-state index in [2.05, 4.69) is 156 Å². The molecule has 10 rings (SSSR count). The van der Waals surface area contributed by atoms with Crippen LogP contribution in [-0.4, -0.2) is 24.0 Å². The summed E-state index contributed by atoms with van der Waals surface area (Å²) in [6, 6.07) is 65.2. The van der Waals surface area contributed by atoms with E-state index in [-0.39, 0.29) is 31.9 Å². The molecule has 3 nitrogen and oxygen atoms in total. The predicted molar refractivity (Wildman–Crippen MR) is 254 cm³/mol. The Morgan fingerprint density at radius 2 is 1.34 bits per heavy atom. The number of rotatable bonds is 8. The predicted octanol–water partition coefficient (Wildman–Crippen LogP) is 14.3. The van der Waals surface area contributed by atoms with E-state index in [0.29, 0.717) is 0 Å². The number of aromatic nitrogens is 1. The van der Waals surface area contributed by atoms with Gasteiger partial charge in [-0.1, -0.05) is 126 Å². The number of fused-ring (bicyclic) bond motifs is 4. The van der Waals surface area contributed by atoms with Crippen LogP contribution in [0.3, 0.4) is 0 Å². The first-order valence-corrected chi connectivity index (χ1v) is 28.1. The van der Waals surface area contributed by atoms with Crippen molar-refractivity contribution >= 4 is 51.0 Å². The summed E-state index contributed by atoms with van der Waals surface area (Å²) in [4.78, 5) is 9.89. The van der Waals surface area contributed by atoms with Crippen molar-refractivity contribution in [2.45, 2.75) is 43.4 Å². The number of aliphatic imine (C=N–C) groups is 1. The largest absolute Gasteiger partial charge is 0.501 e. The Balaban J connectivity index is 0.000000203. The van der Waals surface area contributed by atoms with Gasteiger partial charge in [0, 0.05) is 31.4 Å². The Morgan fingerprint density at radius 3 is 2.02 bits per heavy atom. The Bertz CT molecular complexity index is 3010. The zero-order valence-corrected chi connectivity index (χ0v) is 39.5. The van der Waals surface area contributed by atoms with Crippen LogP contribution < -0.4 is 4.40 Å². The minimum Gasteiger partial charge on any atom is -0.501 e. The van der Waals surface area contributed by atoms with Crippen LogP contribution in [0.5, 0.6) is 0 Å². The molecule has 0 bridgehead atoms. The first-order valence-electron chi connectivity index (χ1n) is 21.7. The number of furan rings is 1. The van der Waals surface area contributed by atoms with Crippen LogP contribution in [0, 0.1) is 18.1 Å². The number of hydrogen-bond acceptors (Lipinski definition) is 3. The van der Waals surface area contributed by atoms with Gasteiger partial charge < -0.3 is 4.42 Å². The summed E-state index contributed by atoms with van der Waals surface area (Å²) in [7, 11) is 0. The molecule has 1 aliphatic rings. The van der Waals surface area contributed by atoms with Gasteiger partial charge in [-0.25, -0.2) is 0 Å². The summed E-state index contributed by atoms with van der Waals surface area (Å²) in [6.07, 6.45) is 0.562. The molecule has 1 radical (unpaired) electrons. The van der Waals surface area contributed by atoms with E-state index in [0.717, 1.165) is 60.1 Å². The Labute approximate surface area is 379 Å². The molecule has 1 aliphatic heterocycles. The number of pyridine rings is 1. The van der Waals surface area contributed by atoms with Crippen molar-refractivity contribution in [1.29, 1.82) is 0 Å². The van der Waals surface area contributed by atoms with Crippen molar-refractivity contribution in [2.75, 3.05) is 0 Å². The molecule has 3 heterocycles. The van der Waals surface area contributed by atoms with Crippen molar-refractivity contribution in [3.8, 4) is 33.5 Å². The zero-order valence-electron chi connectivity index (χ0n) is 37.0. The molecular formula is C56H48GeIrN2O-2. The molecule has 0 aliphatic carbocycles. The molecule has 1 atom stereocenters. The molecule has 0 fully saturated rings. The smallest absolute Gasteiger partial charge is 0.120 e. The van der Waals surface area contributed by atoms with Gasteiger partial charge in [0.05, 0.1) is 11.3 Å². The molecule has 5 heteroatoms. The van der Waals surface area contributed by atoms with Gasteiger partial charge in [0.15, 0.2) is 0 Å². The third-order valence-electron chi connectivity index (χ3n) is 11.1. The number of hydrogen-bond donors (Lipinski definition) is 0. The molecular weight excluding hydrogens is 981 g/mol. The van der Waals surface area contributed by atoms with Crippen molar-refractivity contribution in [1.82, 2.24) is 4.98 Å². The maximum Gasteiger partial charge on any atom is 0.120 e. The van der Waals surface area contributed by atoms with Crippen LogP contribution in [0.1, 0.15) is 44.8 Å². The van der Waals surface area contributed by atoms with Crippen molar-refractivity contribution in [2.24, 2.45) is 10.9 Å². The van der Waals surface area contributed by atoms with Crippen LogP contribution in [0.4, 0.5) is 5.69 Å². The van der Waals surface area contributed by atoms with E-state index >= 15 is 0 Å². The standard InChI is InChI=1S/C38H24NO.C18H24GeN.Ir/c1-3-13-25(14-4-1)27-19-11-20-28(26-15-5-2-6-16-26)35(27)36-31-18-7-9-23-33(31)39-37(36)32-22-12-21-30-29-17-8-10-24-34(29)40-38(30)32;1-14(2)11-16-12-18(15-9-7-6-8-10-15)20-13-17(16)19(3,4)5;/h1-21,23-24,36H;6-9,12-14H,11H2,1-5H3;/q2*-1;/i;11D2;. The second-order valence-corrected chi connectivity index (χ2v) is 27.2. The fourth-order valence-corrected chi connectivity index (χ4v) is 11.3. The van der Waals surface area contributed by atoms with Crippen molar-refractivity contribution in [3.05, 3.63) is 210 Å². The molecule has 7 aromatic carbocycles. The second kappa shape index (κ2) is 18.1. The van der Waals surface area contributed by atoms with E-state index in [4.69, 9.17) is 12.2 Å². The van der Waals surface area contributed by atoms with Gasteiger partial charge in [-0.3, -0.25) is 4.99 Å². The van der Waals surface area contributed by atoms with Gasteiger partial charge in [-0.2, -0.15) is 0 Å². The normalized spacial score (nSPS) is 14.1. The van der Waals surface area contributed by atoms with E-state index in [1.165, 1.54) is 33.4 Å². The maximum atomic E-state index is 8.56. The number of para-hydroxylation sites is 2. The van der Waals surface area contributed by atoms with Crippen LogP contribution in [0.15, 0.2) is 185 Å². The number of benzene rings is 7. The average molecular weight is 1030 g/mol. The average Bonchev–Trinajstić information content (AvgIpc) is 3.88. The molecule has 61 heavy (non-hydrogen) atoms. The monoisotopic (exact) mass is 1030 g/mol. The topological polar surface area (TPSA) is 38.4 Å². The minimum atomic E-state index is -2.20. The Kier molecular flexibility index (Phi) is 11.7. The molecule has 0 saturated heterocycles. The number of nitrogens with zero attached hydrogens (tertiary/aromatic N) is 2.